The Bertz CT molecular complexity index is 579. The van der Waals surface area contributed by atoms with Crippen LogP contribution in [0.25, 0.3) is 0 Å². The van der Waals surface area contributed by atoms with E-state index >= 15 is 0 Å². The van der Waals surface area contributed by atoms with E-state index in [-0.39, 0.29) is 5.75 Å². The molecule has 0 aliphatic heterocycles. The molecule has 0 aromatic carbocycles. The quantitative estimate of drug-likeness (QED) is 0.819. The molecular formula is C11H14N4O2S2. The normalized spacial score (nSPS) is 10.8. The van der Waals surface area contributed by atoms with E-state index in [9.17, 15) is 4.79 Å². The second-order valence-electron chi connectivity index (χ2n) is 3.87. The summed E-state index contributed by atoms with van der Waals surface area (Å²) in [5, 5.41) is 18.6. The Balaban J connectivity index is 2.20. The van der Waals surface area contributed by atoms with Crippen molar-refractivity contribution in [2.24, 2.45) is 0 Å². The molecule has 2 aromatic rings. The first-order chi connectivity index (χ1) is 9.10. The van der Waals surface area contributed by atoms with Gasteiger partial charge in [-0.1, -0.05) is 18.7 Å². The van der Waals surface area contributed by atoms with Gasteiger partial charge in [0.2, 0.25) is 0 Å². The number of nitrogens with zero attached hydrogens (tertiary/aromatic N) is 4. The SMILES string of the molecule is CCc1nnc(SCC(=O)O)n1Cc1cnc(C)s1. The molecule has 1 N–H and O–H groups in total. The molecule has 8 heteroatoms. The number of aromatic nitrogens is 4. The van der Waals surface area contributed by atoms with E-state index in [4.69, 9.17) is 5.11 Å². The molecule has 2 rings (SSSR count). The van der Waals surface area contributed by atoms with Crippen LogP contribution in [0, 0.1) is 6.92 Å². The largest absolute Gasteiger partial charge is 0.481 e. The predicted molar refractivity (Wildman–Crippen MR) is 73.7 cm³/mol. The van der Waals surface area contributed by atoms with Crippen molar-refractivity contribution in [1.82, 2.24) is 19.7 Å². The topological polar surface area (TPSA) is 80.9 Å². The summed E-state index contributed by atoms with van der Waals surface area (Å²) in [6.45, 7) is 4.61. The monoisotopic (exact) mass is 298 g/mol. The van der Waals surface area contributed by atoms with Gasteiger partial charge in [0.1, 0.15) is 5.82 Å². The zero-order valence-corrected chi connectivity index (χ0v) is 12.3. The van der Waals surface area contributed by atoms with E-state index in [0.717, 1.165) is 22.1 Å². The number of hydrogen-bond acceptors (Lipinski definition) is 6. The van der Waals surface area contributed by atoms with E-state index in [2.05, 4.69) is 15.2 Å². The molecule has 0 amide bonds. The lowest BCUT2D eigenvalue weighted by molar-refractivity contribution is -0.133. The summed E-state index contributed by atoms with van der Waals surface area (Å²) in [7, 11) is 0. The van der Waals surface area contributed by atoms with E-state index in [1.807, 2.05) is 24.6 Å². The van der Waals surface area contributed by atoms with Gasteiger partial charge in [-0.05, 0) is 6.92 Å². The van der Waals surface area contributed by atoms with Crippen LogP contribution in [0.3, 0.4) is 0 Å². The van der Waals surface area contributed by atoms with Gasteiger partial charge in [0.15, 0.2) is 5.16 Å². The first-order valence-corrected chi connectivity index (χ1v) is 7.58. The predicted octanol–water partition coefficient (Wildman–Crippen LogP) is 1.83. The first-order valence-electron chi connectivity index (χ1n) is 5.78. The Kier molecular flexibility index (Phi) is 4.54. The number of carboxylic acids is 1. The Labute approximate surface area is 118 Å². The highest BCUT2D eigenvalue weighted by molar-refractivity contribution is 7.99. The van der Waals surface area contributed by atoms with Gasteiger partial charge in [0, 0.05) is 17.5 Å². The lowest BCUT2D eigenvalue weighted by atomic mass is 10.4. The lowest BCUT2D eigenvalue weighted by Gasteiger charge is -2.06. The third kappa shape index (κ3) is 3.54. The van der Waals surface area contributed by atoms with Crippen LogP contribution in [0.2, 0.25) is 0 Å². The lowest BCUT2D eigenvalue weighted by Crippen LogP contribution is -2.06. The van der Waals surface area contributed by atoms with Crippen LogP contribution in [0.15, 0.2) is 11.4 Å². The van der Waals surface area contributed by atoms with Gasteiger partial charge in [-0.15, -0.1) is 21.5 Å². The average Bonchev–Trinajstić information content (AvgIpc) is 2.94. The molecule has 0 unspecified atom stereocenters. The molecule has 102 valence electrons. The van der Waals surface area contributed by atoms with Crippen LogP contribution in [0.4, 0.5) is 0 Å². The molecule has 0 saturated heterocycles. The summed E-state index contributed by atoms with van der Waals surface area (Å²) in [6.07, 6.45) is 2.60. The van der Waals surface area contributed by atoms with Crippen molar-refractivity contribution in [3.05, 3.63) is 21.9 Å². The van der Waals surface area contributed by atoms with E-state index in [0.29, 0.717) is 11.7 Å². The zero-order chi connectivity index (χ0) is 13.8. The number of aliphatic carboxylic acids is 1. The van der Waals surface area contributed by atoms with E-state index in [1.165, 1.54) is 11.8 Å². The van der Waals surface area contributed by atoms with Crippen LogP contribution in [-0.2, 0) is 17.8 Å². The molecule has 2 heterocycles. The number of hydrogen-bond donors (Lipinski definition) is 1. The highest BCUT2D eigenvalue weighted by Gasteiger charge is 2.14. The highest BCUT2D eigenvalue weighted by atomic mass is 32.2. The van der Waals surface area contributed by atoms with Crippen molar-refractivity contribution in [1.29, 1.82) is 0 Å². The fourth-order valence-electron chi connectivity index (χ4n) is 1.61. The highest BCUT2D eigenvalue weighted by Crippen LogP contribution is 2.21. The number of rotatable bonds is 6. The second-order valence-corrected chi connectivity index (χ2v) is 6.13. The maximum absolute atomic E-state index is 10.6. The summed E-state index contributed by atoms with van der Waals surface area (Å²) >= 11 is 2.82. The fourth-order valence-corrected chi connectivity index (χ4v) is 3.07. The number of aryl methyl sites for hydroxylation is 2. The summed E-state index contributed by atoms with van der Waals surface area (Å²) in [5.74, 6) is -0.00556. The van der Waals surface area contributed by atoms with Crippen LogP contribution in [-0.4, -0.2) is 36.6 Å². The third-order valence-corrected chi connectivity index (χ3v) is 4.27. The van der Waals surface area contributed by atoms with Crippen LogP contribution in [0.1, 0.15) is 22.6 Å². The Morgan fingerprint density at radius 2 is 2.32 bits per heavy atom. The number of carboxylic acid groups (broad SMARTS) is 1. The van der Waals surface area contributed by atoms with Gasteiger partial charge in [-0.25, -0.2) is 4.98 Å². The molecule has 0 aliphatic carbocycles. The van der Waals surface area contributed by atoms with Gasteiger partial charge in [-0.2, -0.15) is 0 Å². The number of carbonyl (C=O) groups is 1. The van der Waals surface area contributed by atoms with Gasteiger partial charge in [-0.3, -0.25) is 4.79 Å². The summed E-state index contributed by atoms with van der Waals surface area (Å²) in [4.78, 5) is 16.0. The van der Waals surface area contributed by atoms with Crippen LogP contribution in [0.5, 0.6) is 0 Å². The molecule has 0 fully saturated rings. The van der Waals surface area contributed by atoms with Gasteiger partial charge in [0.25, 0.3) is 0 Å². The van der Waals surface area contributed by atoms with Crippen molar-refractivity contribution in [2.45, 2.75) is 32.0 Å². The molecule has 0 bridgehead atoms. The minimum atomic E-state index is -0.855. The third-order valence-electron chi connectivity index (χ3n) is 2.42. The second kappa shape index (κ2) is 6.16. The minimum absolute atomic E-state index is 0.0104. The van der Waals surface area contributed by atoms with Crippen molar-refractivity contribution in [2.75, 3.05) is 5.75 Å². The Morgan fingerprint density at radius 1 is 1.53 bits per heavy atom. The Morgan fingerprint density at radius 3 is 2.89 bits per heavy atom. The smallest absolute Gasteiger partial charge is 0.313 e. The molecule has 0 aliphatic rings. The molecule has 0 saturated carbocycles. The molecule has 0 atom stereocenters. The molecule has 2 aromatic heterocycles. The first kappa shape index (κ1) is 14.0. The zero-order valence-electron chi connectivity index (χ0n) is 10.7. The molecular weight excluding hydrogens is 284 g/mol. The van der Waals surface area contributed by atoms with Gasteiger partial charge < -0.3 is 9.67 Å². The summed E-state index contributed by atoms with van der Waals surface area (Å²) in [6, 6.07) is 0. The summed E-state index contributed by atoms with van der Waals surface area (Å²) < 4.78 is 1.96. The maximum atomic E-state index is 10.6. The van der Waals surface area contributed by atoms with Crippen molar-refractivity contribution >= 4 is 29.1 Å². The number of thioether (sulfide) groups is 1. The van der Waals surface area contributed by atoms with Gasteiger partial charge in [0.05, 0.1) is 17.3 Å². The molecule has 19 heavy (non-hydrogen) atoms. The van der Waals surface area contributed by atoms with Crippen molar-refractivity contribution in [3.8, 4) is 0 Å². The average molecular weight is 298 g/mol. The van der Waals surface area contributed by atoms with Crippen molar-refractivity contribution in [3.63, 3.8) is 0 Å². The van der Waals surface area contributed by atoms with Gasteiger partial charge >= 0.3 is 5.97 Å². The number of thiazole rings is 1. The maximum Gasteiger partial charge on any atom is 0.313 e. The fraction of sp³-hybridized carbons (Fsp3) is 0.455. The standard InChI is InChI=1S/C11H14N4O2S2/c1-3-9-13-14-11(18-6-10(16)17)15(9)5-8-4-12-7(2)19-8/h4H,3,5-6H2,1-2H3,(H,16,17). The van der Waals surface area contributed by atoms with Crippen molar-refractivity contribution < 1.29 is 9.90 Å². The molecule has 0 radical (unpaired) electrons. The minimum Gasteiger partial charge on any atom is -0.481 e. The van der Waals surface area contributed by atoms with E-state index < -0.39 is 5.97 Å². The van der Waals surface area contributed by atoms with Crippen LogP contribution < -0.4 is 0 Å². The molecule has 0 spiro atoms. The summed E-state index contributed by atoms with van der Waals surface area (Å²) in [5.41, 5.74) is 0. The van der Waals surface area contributed by atoms with Crippen LogP contribution >= 0.6 is 23.1 Å². The molecule has 6 nitrogen and oxygen atoms in total. The Hall–Kier alpha value is -1.41. The van der Waals surface area contributed by atoms with E-state index in [1.54, 1.807) is 11.3 Å².